The van der Waals surface area contributed by atoms with Gasteiger partial charge in [0, 0.05) is 0 Å². The van der Waals surface area contributed by atoms with Crippen molar-refractivity contribution in [1.29, 1.82) is 0 Å². The lowest BCUT2D eigenvalue weighted by Crippen LogP contribution is -2.39. The van der Waals surface area contributed by atoms with Gasteiger partial charge in [0.05, 0.1) is 38.2 Å². The van der Waals surface area contributed by atoms with Gasteiger partial charge in [0.1, 0.15) is 17.5 Å². The maximum Gasteiger partial charge on any atom is 0.408 e. The Morgan fingerprint density at radius 3 is 2.78 bits per heavy atom. The fraction of sp³-hybridized carbons (Fsp3) is 0.444. The molecule has 2 aliphatic rings. The highest BCUT2D eigenvalue weighted by atomic mass is 16.6. The SMILES string of the molecule is COc1ccc(Cn2[nH]c3c2[C@]2(CCC3OC(=O)NCC(N)=O)CO2)cc1. The lowest BCUT2D eigenvalue weighted by atomic mass is 9.86. The smallest absolute Gasteiger partial charge is 0.408 e. The fourth-order valence-corrected chi connectivity index (χ4v) is 3.54. The van der Waals surface area contributed by atoms with Crippen LogP contribution >= 0.6 is 0 Å². The predicted octanol–water partition coefficient (Wildman–Crippen LogP) is 1.15. The van der Waals surface area contributed by atoms with E-state index in [-0.39, 0.29) is 12.1 Å². The Morgan fingerprint density at radius 1 is 1.41 bits per heavy atom. The van der Waals surface area contributed by atoms with E-state index in [0.29, 0.717) is 19.6 Å². The minimum Gasteiger partial charge on any atom is -0.497 e. The lowest BCUT2D eigenvalue weighted by Gasteiger charge is -2.35. The Labute approximate surface area is 155 Å². The maximum absolute atomic E-state index is 11.9. The van der Waals surface area contributed by atoms with Crippen molar-refractivity contribution in [2.75, 3.05) is 20.3 Å². The van der Waals surface area contributed by atoms with Gasteiger partial charge in [-0.1, -0.05) is 12.1 Å². The summed E-state index contributed by atoms with van der Waals surface area (Å²) in [4.78, 5) is 22.6. The number of aromatic amines is 1. The number of H-pyrrole nitrogens is 1. The van der Waals surface area contributed by atoms with E-state index < -0.39 is 18.1 Å². The number of aromatic nitrogens is 2. The van der Waals surface area contributed by atoms with Crippen LogP contribution in [-0.2, 0) is 26.4 Å². The molecule has 1 aromatic carbocycles. The molecule has 9 nitrogen and oxygen atoms in total. The van der Waals surface area contributed by atoms with E-state index >= 15 is 0 Å². The number of alkyl carbamates (subject to hydrolysis) is 1. The second-order valence-electron chi connectivity index (χ2n) is 6.84. The number of carbonyl (C=O) groups is 2. The standard InChI is InChI=1S/C18H22N4O5/c1-25-12-4-2-11(3-5-12)9-22-16-15(21-22)13(6-7-18(16)10-26-18)27-17(24)20-8-14(19)23/h2-5,13,21H,6-10H2,1H3,(H2,19,23)(H,20,24)/t13?,18-/m0/s1. The van der Waals surface area contributed by atoms with Crippen LogP contribution in [0.1, 0.15) is 35.9 Å². The summed E-state index contributed by atoms with van der Waals surface area (Å²) < 4.78 is 18.4. The molecule has 1 aliphatic carbocycles. The van der Waals surface area contributed by atoms with Gasteiger partial charge in [0.25, 0.3) is 0 Å². The molecular weight excluding hydrogens is 352 g/mol. The van der Waals surface area contributed by atoms with E-state index in [1.807, 2.05) is 28.9 Å². The van der Waals surface area contributed by atoms with Gasteiger partial charge in [-0.3, -0.25) is 14.6 Å². The molecule has 1 aromatic heterocycles. The summed E-state index contributed by atoms with van der Waals surface area (Å²) in [5.74, 6) is 0.193. The molecule has 2 heterocycles. The number of nitrogens with zero attached hydrogens (tertiary/aromatic N) is 1. The molecule has 144 valence electrons. The van der Waals surface area contributed by atoms with Gasteiger partial charge >= 0.3 is 6.09 Å². The van der Waals surface area contributed by atoms with Crippen LogP contribution in [0.3, 0.4) is 0 Å². The van der Waals surface area contributed by atoms with E-state index in [0.717, 1.165) is 29.1 Å². The van der Waals surface area contributed by atoms with Crippen LogP contribution in [0.25, 0.3) is 0 Å². The summed E-state index contributed by atoms with van der Waals surface area (Å²) >= 11 is 0. The highest BCUT2D eigenvalue weighted by Crippen LogP contribution is 2.52. The van der Waals surface area contributed by atoms with Crippen molar-refractivity contribution in [3.8, 4) is 5.75 Å². The predicted molar refractivity (Wildman–Crippen MR) is 94.2 cm³/mol. The first-order chi connectivity index (χ1) is 13.0. The number of nitrogens with two attached hydrogens (primary N) is 1. The van der Waals surface area contributed by atoms with Crippen LogP contribution in [0.5, 0.6) is 5.75 Å². The normalized spacial score (nSPS) is 22.9. The van der Waals surface area contributed by atoms with Crippen LogP contribution in [0, 0.1) is 0 Å². The van der Waals surface area contributed by atoms with Crippen LogP contribution in [0.4, 0.5) is 4.79 Å². The third-order valence-corrected chi connectivity index (χ3v) is 4.99. The maximum atomic E-state index is 11.9. The van der Waals surface area contributed by atoms with Crippen molar-refractivity contribution in [2.45, 2.75) is 31.1 Å². The van der Waals surface area contributed by atoms with E-state index in [4.69, 9.17) is 19.9 Å². The average Bonchev–Trinajstić information content (AvgIpc) is 3.40. The molecule has 9 heteroatoms. The van der Waals surface area contributed by atoms with Gasteiger partial charge in [0.2, 0.25) is 5.91 Å². The summed E-state index contributed by atoms with van der Waals surface area (Å²) in [6.45, 7) is 1.09. The minimum absolute atomic E-state index is 0.248. The summed E-state index contributed by atoms with van der Waals surface area (Å²) in [6, 6.07) is 7.86. The Morgan fingerprint density at radius 2 is 2.15 bits per heavy atom. The monoisotopic (exact) mass is 374 g/mol. The van der Waals surface area contributed by atoms with Gasteiger partial charge in [-0.05, 0) is 30.5 Å². The number of hydrogen-bond acceptors (Lipinski definition) is 5. The molecule has 4 rings (SSSR count). The second kappa shape index (κ2) is 6.66. The van der Waals surface area contributed by atoms with Gasteiger partial charge in [-0.2, -0.15) is 0 Å². The number of epoxide rings is 1. The molecule has 1 aliphatic heterocycles. The fourth-order valence-electron chi connectivity index (χ4n) is 3.54. The number of fused-ring (bicyclic) bond motifs is 2. The molecule has 1 unspecified atom stereocenters. The number of carbonyl (C=O) groups excluding carboxylic acids is 2. The zero-order valence-electron chi connectivity index (χ0n) is 15.0. The summed E-state index contributed by atoms with van der Waals surface area (Å²) in [5, 5.41) is 5.62. The van der Waals surface area contributed by atoms with Crippen molar-refractivity contribution in [3.63, 3.8) is 0 Å². The first-order valence-electron chi connectivity index (χ1n) is 8.79. The first-order valence-corrected chi connectivity index (χ1v) is 8.79. The number of methoxy groups -OCH3 is 1. The van der Waals surface area contributed by atoms with E-state index in [1.54, 1.807) is 7.11 Å². The third-order valence-electron chi connectivity index (χ3n) is 4.99. The van der Waals surface area contributed by atoms with Crippen LogP contribution in [-0.4, -0.2) is 42.0 Å². The average molecular weight is 374 g/mol. The van der Waals surface area contributed by atoms with Crippen molar-refractivity contribution in [2.24, 2.45) is 5.73 Å². The topological polar surface area (TPSA) is 124 Å². The number of ether oxygens (including phenoxy) is 3. The van der Waals surface area contributed by atoms with Crippen molar-refractivity contribution in [3.05, 3.63) is 41.2 Å². The number of amides is 2. The van der Waals surface area contributed by atoms with E-state index in [9.17, 15) is 9.59 Å². The van der Waals surface area contributed by atoms with E-state index in [1.165, 1.54) is 0 Å². The molecule has 0 radical (unpaired) electrons. The quantitative estimate of drug-likeness (QED) is 0.654. The van der Waals surface area contributed by atoms with Crippen LogP contribution in [0.15, 0.2) is 24.3 Å². The molecule has 1 fully saturated rings. The molecule has 0 bridgehead atoms. The molecule has 2 amide bonds. The zero-order chi connectivity index (χ0) is 19.0. The molecular formula is C18H22N4O5. The Hall–Kier alpha value is -2.94. The first kappa shape index (κ1) is 17.5. The second-order valence-corrected chi connectivity index (χ2v) is 6.84. The summed E-state index contributed by atoms with van der Waals surface area (Å²) in [5.41, 5.74) is 7.78. The van der Waals surface area contributed by atoms with Gasteiger partial charge in [0.15, 0.2) is 0 Å². The third kappa shape index (κ3) is 3.37. The number of nitrogens with one attached hydrogen (secondary N) is 2. The number of hydrogen-bond donors (Lipinski definition) is 3. The zero-order valence-corrected chi connectivity index (χ0v) is 15.0. The van der Waals surface area contributed by atoms with Gasteiger partial charge in [-0.25, -0.2) is 4.79 Å². The van der Waals surface area contributed by atoms with Crippen LogP contribution < -0.4 is 15.8 Å². The molecule has 0 saturated carbocycles. The molecule has 1 saturated heterocycles. The van der Waals surface area contributed by atoms with Gasteiger partial charge in [-0.15, -0.1) is 0 Å². The highest BCUT2D eigenvalue weighted by molar-refractivity contribution is 5.80. The molecule has 1 spiro atoms. The Bertz CT molecular complexity index is 850. The lowest BCUT2D eigenvalue weighted by molar-refractivity contribution is -0.117. The summed E-state index contributed by atoms with van der Waals surface area (Å²) in [7, 11) is 1.64. The van der Waals surface area contributed by atoms with Crippen molar-refractivity contribution >= 4 is 12.0 Å². The molecule has 2 atom stereocenters. The van der Waals surface area contributed by atoms with Crippen molar-refractivity contribution < 1.29 is 23.8 Å². The number of rotatable bonds is 6. The van der Waals surface area contributed by atoms with Gasteiger partial charge < -0.3 is 25.3 Å². The summed E-state index contributed by atoms with van der Waals surface area (Å²) in [6.07, 6.45) is 0.385. The van der Waals surface area contributed by atoms with Crippen molar-refractivity contribution in [1.82, 2.24) is 15.1 Å². The highest BCUT2D eigenvalue weighted by Gasteiger charge is 2.55. The Balaban J connectivity index is 1.47. The number of primary amides is 1. The largest absolute Gasteiger partial charge is 0.497 e. The molecule has 27 heavy (non-hydrogen) atoms. The van der Waals surface area contributed by atoms with Crippen LogP contribution in [0.2, 0.25) is 0 Å². The molecule has 4 N–H and O–H groups in total. The number of benzene rings is 1. The Kier molecular flexibility index (Phi) is 4.31. The van der Waals surface area contributed by atoms with E-state index in [2.05, 4.69) is 10.4 Å². The minimum atomic E-state index is -0.659. The molecule has 2 aromatic rings.